The lowest BCUT2D eigenvalue weighted by Crippen LogP contribution is -2.41. The molecule has 0 aromatic heterocycles. The van der Waals surface area contributed by atoms with Crippen LogP contribution in [0.5, 0.6) is 0 Å². The molecule has 2 aromatic carbocycles. The number of hydrogen-bond acceptors (Lipinski definition) is 4. The molecule has 0 unspecified atom stereocenters. The van der Waals surface area contributed by atoms with E-state index >= 15 is 0 Å². The van der Waals surface area contributed by atoms with Gasteiger partial charge >= 0.3 is 5.97 Å². The first-order chi connectivity index (χ1) is 12.0. The van der Waals surface area contributed by atoms with E-state index in [0.717, 1.165) is 0 Å². The molecule has 5 nitrogen and oxygen atoms in total. The van der Waals surface area contributed by atoms with Crippen molar-refractivity contribution in [2.45, 2.75) is 18.5 Å². The van der Waals surface area contributed by atoms with E-state index in [1.54, 1.807) is 36.4 Å². The quantitative estimate of drug-likeness (QED) is 0.796. The number of rotatable bonds is 3. The van der Waals surface area contributed by atoms with Gasteiger partial charge in [-0.25, -0.2) is 4.79 Å². The van der Waals surface area contributed by atoms with E-state index in [4.69, 9.17) is 27.9 Å². The number of hydrogen-bond donors (Lipinski definition) is 2. The Hall–Kier alpha value is -2.24. The van der Waals surface area contributed by atoms with E-state index in [0.29, 0.717) is 33.3 Å². The lowest BCUT2D eigenvalue weighted by Gasteiger charge is -2.33. The molecule has 2 aromatic rings. The van der Waals surface area contributed by atoms with E-state index in [9.17, 15) is 9.59 Å². The van der Waals surface area contributed by atoms with Gasteiger partial charge in [-0.2, -0.15) is 0 Å². The lowest BCUT2D eigenvalue weighted by atomic mass is 9.92. The van der Waals surface area contributed by atoms with Crippen molar-refractivity contribution >= 4 is 40.8 Å². The second kappa shape index (κ2) is 7.33. The number of methoxy groups -OCH3 is 1. The molecule has 0 bridgehead atoms. The van der Waals surface area contributed by atoms with Gasteiger partial charge in [0.25, 0.3) is 5.91 Å². The molecule has 0 fully saturated rings. The van der Waals surface area contributed by atoms with Gasteiger partial charge in [-0.1, -0.05) is 41.4 Å². The zero-order valence-corrected chi connectivity index (χ0v) is 14.9. The highest BCUT2D eigenvalue weighted by atomic mass is 35.5. The Bertz CT molecular complexity index is 811. The molecule has 1 aliphatic rings. The summed E-state index contributed by atoms with van der Waals surface area (Å²) in [5.74, 6) is -0.659. The van der Waals surface area contributed by atoms with Gasteiger partial charge in [-0.3, -0.25) is 4.79 Å². The number of anilines is 1. The molecule has 0 aliphatic carbocycles. The SMILES string of the molecule is COC(=O)[C@@H]1C[C@@H](NC(=O)c2ccccc2)c2c(Cl)cc(Cl)cc2N1. The number of nitrogens with one attached hydrogen (secondary N) is 2. The zero-order valence-electron chi connectivity index (χ0n) is 13.4. The van der Waals surface area contributed by atoms with E-state index in [2.05, 4.69) is 10.6 Å². The maximum atomic E-state index is 12.5. The molecule has 1 heterocycles. The summed E-state index contributed by atoms with van der Waals surface area (Å²) in [6.07, 6.45) is 0.319. The number of halogens is 2. The van der Waals surface area contributed by atoms with Gasteiger partial charge in [-0.15, -0.1) is 0 Å². The Labute approximate surface area is 155 Å². The summed E-state index contributed by atoms with van der Waals surface area (Å²) in [5, 5.41) is 6.89. The van der Waals surface area contributed by atoms with Gasteiger partial charge in [0.2, 0.25) is 0 Å². The first-order valence-electron chi connectivity index (χ1n) is 7.69. The summed E-state index contributed by atoms with van der Waals surface area (Å²) in [6.45, 7) is 0. The highest BCUT2D eigenvalue weighted by Crippen LogP contribution is 2.40. The van der Waals surface area contributed by atoms with Crippen molar-refractivity contribution in [1.82, 2.24) is 5.32 Å². The molecule has 1 amide bonds. The minimum Gasteiger partial charge on any atom is -0.467 e. The summed E-state index contributed by atoms with van der Waals surface area (Å²) in [7, 11) is 1.32. The number of amides is 1. The molecule has 0 spiro atoms. The van der Waals surface area contributed by atoms with Crippen molar-refractivity contribution in [3.05, 3.63) is 63.6 Å². The minimum atomic E-state index is -0.604. The van der Waals surface area contributed by atoms with Crippen LogP contribution in [-0.4, -0.2) is 25.0 Å². The second-order valence-corrected chi connectivity index (χ2v) is 6.54. The Kier molecular flexibility index (Phi) is 5.16. The minimum absolute atomic E-state index is 0.243. The van der Waals surface area contributed by atoms with Crippen molar-refractivity contribution in [2.75, 3.05) is 12.4 Å². The number of carbonyl (C=O) groups is 2. The molecule has 0 saturated heterocycles. The average molecular weight is 379 g/mol. The number of benzene rings is 2. The monoisotopic (exact) mass is 378 g/mol. The van der Waals surface area contributed by atoms with Crippen molar-refractivity contribution in [3.63, 3.8) is 0 Å². The van der Waals surface area contributed by atoms with Crippen molar-refractivity contribution < 1.29 is 14.3 Å². The van der Waals surface area contributed by atoms with E-state index in [1.165, 1.54) is 7.11 Å². The second-order valence-electron chi connectivity index (χ2n) is 5.70. The summed E-state index contributed by atoms with van der Waals surface area (Å²) in [6, 6.07) is 11.1. The average Bonchev–Trinajstić information content (AvgIpc) is 2.60. The van der Waals surface area contributed by atoms with E-state index in [-0.39, 0.29) is 5.91 Å². The number of fused-ring (bicyclic) bond motifs is 1. The summed E-state index contributed by atoms with van der Waals surface area (Å²) in [4.78, 5) is 24.5. The van der Waals surface area contributed by atoms with Crippen LogP contribution >= 0.6 is 23.2 Å². The molecule has 0 radical (unpaired) electrons. The fraction of sp³-hybridized carbons (Fsp3) is 0.222. The van der Waals surface area contributed by atoms with Gasteiger partial charge in [-0.05, 0) is 24.3 Å². The Morgan fingerprint density at radius 2 is 1.92 bits per heavy atom. The zero-order chi connectivity index (χ0) is 18.0. The van der Waals surface area contributed by atoms with Gasteiger partial charge in [0, 0.05) is 33.3 Å². The third-order valence-corrected chi connectivity index (χ3v) is 4.60. The molecule has 130 valence electrons. The molecular formula is C18H16Cl2N2O3. The van der Waals surface area contributed by atoms with Crippen LogP contribution < -0.4 is 10.6 Å². The Morgan fingerprint density at radius 1 is 1.20 bits per heavy atom. The van der Waals surface area contributed by atoms with Crippen molar-refractivity contribution in [1.29, 1.82) is 0 Å². The number of esters is 1. The molecule has 0 saturated carbocycles. The number of carbonyl (C=O) groups excluding carboxylic acids is 2. The van der Waals surface area contributed by atoms with Crippen molar-refractivity contribution in [3.8, 4) is 0 Å². The highest BCUT2D eigenvalue weighted by Gasteiger charge is 2.34. The summed E-state index contributed by atoms with van der Waals surface area (Å²) in [5.41, 5.74) is 1.84. The maximum absolute atomic E-state index is 12.5. The lowest BCUT2D eigenvalue weighted by molar-refractivity contribution is -0.141. The van der Waals surface area contributed by atoms with E-state index < -0.39 is 18.1 Å². The van der Waals surface area contributed by atoms with Crippen LogP contribution in [0.4, 0.5) is 5.69 Å². The predicted octanol–water partition coefficient (Wildman–Crippen LogP) is 3.82. The molecule has 7 heteroatoms. The van der Waals surface area contributed by atoms with Crippen LogP contribution in [0.1, 0.15) is 28.4 Å². The molecule has 3 rings (SSSR count). The van der Waals surface area contributed by atoms with Crippen LogP contribution in [0.3, 0.4) is 0 Å². The third kappa shape index (κ3) is 3.72. The first kappa shape index (κ1) is 17.6. The molecular weight excluding hydrogens is 363 g/mol. The van der Waals surface area contributed by atoms with Gasteiger partial charge < -0.3 is 15.4 Å². The van der Waals surface area contributed by atoms with Crippen LogP contribution in [0.25, 0.3) is 0 Å². The number of ether oxygens (including phenoxy) is 1. The fourth-order valence-corrected chi connectivity index (χ4v) is 3.54. The standard InChI is InChI=1S/C18H16Cl2N2O3/c1-25-18(24)15-9-14(22-17(23)10-5-3-2-4-6-10)16-12(20)7-11(19)8-13(16)21-15/h2-8,14-15,21H,9H2,1H3,(H,22,23)/t14-,15+/m1/s1. The highest BCUT2D eigenvalue weighted by molar-refractivity contribution is 6.35. The largest absolute Gasteiger partial charge is 0.467 e. The normalized spacial score (nSPS) is 18.7. The van der Waals surface area contributed by atoms with Crippen LogP contribution in [0, 0.1) is 0 Å². The van der Waals surface area contributed by atoms with Gasteiger partial charge in [0.15, 0.2) is 0 Å². The van der Waals surface area contributed by atoms with Crippen LogP contribution in [-0.2, 0) is 9.53 Å². The Morgan fingerprint density at radius 3 is 2.60 bits per heavy atom. The van der Waals surface area contributed by atoms with Crippen LogP contribution in [0.2, 0.25) is 10.0 Å². The smallest absolute Gasteiger partial charge is 0.328 e. The van der Waals surface area contributed by atoms with Gasteiger partial charge in [0.1, 0.15) is 6.04 Å². The van der Waals surface area contributed by atoms with E-state index in [1.807, 2.05) is 6.07 Å². The predicted molar refractivity (Wildman–Crippen MR) is 97.2 cm³/mol. The molecule has 1 aliphatic heterocycles. The molecule has 25 heavy (non-hydrogen) atoms. The van der Waals surface area contributed by atoms with Gasteiger partial charge in [0.05, 0.1) is 13.2 Å². The first-order valence-corrected chi connectivity index (χ1v) is 8.44. The molecule has 2 atom stereocenters. The van der Waals surface area contributed by atoms with Crippen LogP contribution in [0.15, 0.2) is 42.5 Å². The molecule has 2 N–H and O–H groups in total. The third-order valence-electron chi connectivity index (χ3n) is 4.07. The topological polar surface area (TPSA) is 67.4 Å². The van der Waals surface area contributed by atoms with Crippen molar-refractivity contribution in [2.24, 2.45) is 0 Å². The Balaban J connectivity index is 1.94. The summed E-state index contributed by atoms with van der Waals surface area (Å²) >= 11 is 12.4. The maximum Gasteiger partial charge on any atom is 0.328 e. The summed E-state index contributed by atoms with van der Waals surface area (Å²) < 4.78 is 4.82. The fourth-order valence-electron chi connectivity index (χ4n) is 2.92.